The summed E-state index contributed by atoms with van der Waals surface area (Å²) in [7, 11) is 4.08. The van der Waals surface area contributed by atoms with Gasteiger partial charge in [-0.1, -0.05) is 41.6 Å². The second-order valence-electron chi connectivity index (χ2n) is 9.80. The second-order valence-corrected chi connectivity index (χ2v) is 9.80. The summed E-state index contributed by atoms with van der Waals surface area (Å²) in [6.07, 6.45) is 5.41. The molecule has 1 aliphatic heterocycles. The predicted octanol–water partition coefficient (Wildman–Crippen LogP) is 3.30. The molecule has 0 aliphatic carbocycles. The molecule has 0 spiro atoms. The Morgan fingerprint density at radius 1 is 1.00 bits per heavy atom. The number of hydrogen-bond donors (Lipinski definition) is 1. The third-order valence-electron chi connectivity index (χ3n) is 6.92. The lowest BCUT2D eigenvalue weighted by molar-refractivity contribution is 0.0989. The van der Waals surface area contributed by atoms with E-state index in [9.17, 15) is 4.79 Å². The van der Waals surface area contributed by atoms with Gasteiger partial charge in [0.1, 0.15) is 11.4 Å². The average molecular weight is 526 g/mol. The molecule has 1 N–H and O–H groups in total. The first-order chi connectivity index (χ1) is 19.0. The Morgan fingerprint density at radius 3 is 2.62 bits per heavy atom. The molecule has 202 valence electrons. The van der Waals surface area contributed by atoms with Gasteiger partial charge in [-0.25, -0.2) is 9.67 Å². The van der Waals surface area contributed by atoms with Gasteiger partial charge in [0.15, 0.2) is 0 Å². The maximum atomic E-state index is 13.6. The number of benzene rings is 2. The molecule has 39 heavy (non-hydrogen) atoms. The summed E-state index contributed by atoms with van der Waals surface area (Å²) in [5.41, 5.74) is 4.42. The summed E-state index contributed by atoms with van der Waals surface area (Å²) >= 11 is 0. The molecular formula is C29H35N9O. The van der Waals surface area contributed by atoms with Gasteiger partial charge in [0.2, 0.25) is 5.95 Å². The first kappa shape index (κ1) is 26.3. The highest BCUT2D eigenvalue weighted by atomic mass is 16.2. The number of nitrogens with zero attached hydrogens (tertiary/aromatic N) is 8. The van der Waals surface area contributed by atoms with Gasteiger partial charge >= 0.3 is 0 Å². The minimum Gasteiger partial charge on any atom is -0.357 e. The molecule has 3 heterocycles. The molecule has 0 atom stereocenters. The highest BCUT2D eigenvalue weighted by molar-refractivity contribution is 6.09. The Labute approximate surface area is 229 Å². The molecule has 1 amide bonds. The number of nitrogens with one attached hydrogen (secondary N) is 1. The van der Waals surface area contributed by atoms with Crippen molar-refractivity contribution in [3.05, 3.63) is 83.8 Å². The van der Waals surface area contributed by atoms with Crippen LogP contribution in [0.3, 0.4) is 0 Å². The van der Waals surface area contributed by atoms with Crippen LogP contribution in [0.4, 0.5) is 17.5 Å². The predicted molar refractivity (Wildman–Crippen MR) is 154 cm³/mol. The number of amides is 1. The van der Waals surface area contributed by atoms with Gasteiger partial charge in [0.25, 0.3) is 5.91 Å². The van der Waals surface area contributed by atoms with Crippen LogP contribution in [0.1, 0.15) is 28.5 Å². The highest BCUT2D eigenvalue weighted by Crippen LogP contribution is 2.27. The van der Waals surface area contributed by atoms with E-state index in [1.807, 2.05) is 55.4 Å². The number of carbonyl (C=O) groups is 1. The lowest BCUT2D eigenvalue weighted by atomic mass is 10.1. The van der Waals surface area contributed by atoms with Crippen molar-refractivity contribution in [2.24, 2.45) is 0 Å². The van der Waals surface area contributed by atoms with E-state index in [2.05, 4.69) is 61.8 Å². The zero-order valence-corrected chi connectivity index (χ0v) is 22.8. The van der Waals surface area contributed by atoms with Gasteiger partial charge in [-0.3, -0.25) is 4.79 Å². The van der Waals surface area contributed by atoms with Crippen LogP contribution < -0.4 is 15.1 Å². The molecule has 4 aromatic rings. The van der Waals surface area contributed by atoms with E-state index in [0.29, 0.717) is 37.0 Å². The summed E-state index contributed by atoms with van der Waals surface area (Å²) in [4.78, 5) is 28.6. The van der Waals surface area contributed by atoms with E-state index in [4.69, 9.17) is 0 Å². The van der Waals surface area contributed by atoms with Crippen molar-refractivity contribution in [2.75, 3.05) is 61.9 Å². The Kier molecular flexibility index (Phi) is 8.12. The van der Waals surface area contributed by atoms with Gasteiger partial charge in [-0.2, -0.15) is 4.98 Å². The van der Waals surface area contributed by atoms with E-state index < -0.39 is 0 Å². The van der Waals surface area contributed by atoms with Crippen LogP contribution in [-0.4, -0.2) is 82.6 Å². The monoisotopic (exact) mass is 525 g/mol. The number of fused-ring (bicyclic) bond motifs is 1. The third-order valence-corrected chi connectivity index (χ3v) is 6.92. The Balaban J connectivity index is 1.26. The first-order valence-electron chi connectivity index (χ1n) is 13.4. The Morgan fingerprint density at radius 2 is 1.79 bits per heavy atom. The van der Waals surface area contributed by atoms with Gasteiger partial charge in [0, 0.05) is 58.1 Å². The maximum absolute atomic E-state index is 13.6. The molecule has 1 aliphatic rings. The Bertz CT molecular complexity index is 1400. The number of likely N-dealkylation sites (N-methyl/N-ethyl adjacent to an activating group) is 2. The van der Waals surface area contributed by atoms with Gasteiger partial charge in [-0.15, -0.1) is 5.10 Å². The molecule has 0 saturated carbocycles. The molecule has 0 fully saturated rings. The van der Waals surface area contributed by atoms with Gasteiger partial charge in [0.05, 0.1) is 17.6 Å². The topological polar surface area (TPSA) is 95.3 Å². The Hall–Kier alpha value is -4.31. The molecule has 0 saturated heterocycles. The van der Waals surface area contributed by atoms with Crippen LogP contribution in [0.25, 0.3) is 5.69 Å². The summed E-state index contributed by atoms with van der Waals surface area (Å²) in [6.45, 7) is 5.77. The summed E-state index contributed by atoms with van der Waals surface area (Å²) in [5.74, 6) is 1.04. The van der Waals surface area contributed by atoms with Crippen molar-refractivity contribution in [1.29, 1.82) is 0 Å². The lowest BCUT2D eigenvalue weighted by Gasteiger charge is -2.21. The number of rotatable bonds is 10. The van der Waals surface area contributed by atoms with Crippen molar-refractivity contribution in [3.8, 4) is 5.69 Å². The van der Waals surface area contributed by atoms with Crippen LogP contribution in [0.2, 0.25) is 0 Å². The van der Waals surface area contributed by atoms with Crippen LogP contribution in [0.15, 0.2) is 67.0 Å². The molecule has 0 bridgehead atoms. The standard InChI is InChI=1S/C29H35N9O/c1-4-30-29-31-20-26-27(32-29)36(3)17-18-37(28(26)39)24-11-8-12-25(19-24)38-21-23(33-34-38)14-16-35(2)15-13-22-9-6-5-7-10-22/h5-12,19-21H,4,13-18H2,1-3H3,(H,30,31,32). The zero-order valence-electron chi connectivity index (χ0n) is 22.8. The van der Waals surface area contributed by atoms with E-state index in [1.54, 1.807) is 15.8 Å². The normalized spacial score (nSPS) is 13.5. The molecule has 5 rings (SSSR count). The number of anilines is 3. The molecule has 10 heteroatoms. The summed E-state index contributed by atoms with van der Waals surface area (Å²) in [5, 5.41) is 11.9. The van der Waals surface area contributed by atoms with Crippen molar-refractivity contribution in [2.45, 2.75) is 19.8 Å². The molecule has 0 radical (unpaired) electrons. The van der Waals surface area contributed by atoms with E-state index in [1.165, 1.54) is 5.56 Å². The summed E-state index contributed by atoms with van der Waals surface area (Å²) in [6, 6.07) is 18.4. The SMILES string of the molecule is CCNc1ncc2c(n1)N(C)CCN(c1cccc(-n3cc(CCN(C)CCc4ccccc4)nn3)c1)C2=O. The number of carbonyl (C=O) groups excluding carboxylic acids is 1. The largest absolute Gasteiger partial charge is 0.357 e. The first-order valence-corrected chi connectivity index (χ1v) is 13.4. The van der Waals surface area contributed by atoms with Crippen LogP contribution in [-0.2, 0) is 12.8 Å². The second kappa shape index (κ2) is 12.0. The maximum Gasteiger partial charge on any atom is 0.263 e. The van der Waals surface area contributed by atoms with Crippen LogP contribution in [0, 0.1) is 0 Å². The third kappa shape index (κ3) is 6.23. The molecule has 10 nitrogen and oxygen atoms in total. The van der Waals surface area contributed by atoms with E-state index in [-0.39, 0.29) is 5.91 Å². The number of hydrogen-bond acceptors (Lipinski definition) is 8. The van der Waals surface area contributed by atoms with Crippen LogP contribution >= 0.6 is 0 Å². The fourth-order valence-corrected chi connectivity index (χ4v) is 4.63. The van der Waals surface area contributed by atoms with Crippen molar-refractivity contribution >= 4 is 23.4 Å². The van der Waals surface area contributed by atoms with Crippen LogP contribution in [0.5, 0.6) is 0 Å². The van der Waals surface area contributed by atoms with Crippen molar-refractivity contribution in [1.82, 2.24) is 29.9 Å². The molecule has 0 unspecified atom stereocenters. The highest BCUT2D eigenvalue weighted by Gasteiger charge is 2.28. The van der Waals surface area contributed by atoms with E-state index >= 15 is 0 Å². The number of aromatic nitrogens is 5. The summed E-state index contributed by atoms with van der Waals surface area (Å²) < 4.78 is 1.77. The van der Waals surface area contributed by atoms with Crippen molar-refractivity contribution in [3.63, 3.8) is 0 Å². The molecule has 2 aromatic carbocycles. The van der Waals surface area contributed by atoms with Gasteiger partial charge in [-0.05, 0) is 44.2 Å². The van der Waals surface area contributed by atoms with E-state index in [0.717, 1.165) is 43.0 Å². The average Bonchev–Trinajstić information content (AvgIpc) is 3.40. The zero-order chi connectivity index (χ0) is 27.2. The van der Waals surface area contributed by atoms with Gasteiger partial charge < -0.3 is 20.0 Å². The minimum absolute atomic E-state index is 0.118. The molecular weight excluding hydrogens is 490 g/mol. The lowest BCUT2D eigenvalue weighted by Crippen LogP contribution is -2.33. The minimum atomic E-state index is -0.118. The fraction of sp³-hybridized carbons (Fsp3) is 0.345. The molecule has 2 aromatic heterocycles. The quantitative estimate of drug-likeness (QED) is 0.337. The fourth-order valence-electron chi connectivity index (χ4n) is 4.63. The van der Waals surface area contributed by atoms with Crippen molar-refractivity contribution < 1.29 is 4.79 Å². The smallest absolute Gasteiger partial charge is 0.263 e.